The van der Waals surface area contributed by atoms with Crippen molar-refractivity contribution in [2.75, 3.05) is 38.3 Å². The van der Waals surface area contributed by atoms with Gasteiger partial charge in [-0.2, -0.15) is 5.10 Å². The van der Waals surface area contributed by atoms with Gasteiger partial charge in [-0.15, -0.1) is 0 Å². The lowest BCUT2D eigenvalue weighted by Gasteiger charge is -2.28. The number of nitrogens with zero attached hydrogens (tertiary/aromatic N) is 5. The monoisotopic (exact) mass is 511 g/mol. The van der Waals surface area contributed by atoms with Crippen molar-refractivity contribution < 1.29 is 14.3 Å². The third kappa shape index (κ3) is 5.09. The molecule has 38 heavy (non-hydrogen) atoms. The van der Waals surface area contributed by atoms with Gasteiger partial charge in [0.2, 0.25) is 0 Å². The maximum Gasteiger partial charge on any atom is 0.254 e. The minimum Gasteiger partial charge on any atom is -0.497 e. The van der Waals surface area contributed by atoms with Crippen LogP contribution in [0.25, 0.3) is 16.6 Å². The van der Waals surface area contributed by atoms with Crippen LogP contribution in [0.4, 0.5) is 5.82 Å². The lowest BCUT2D eigenvalue weighted by molar-refractivity contribution is 0.0507. The first kappa shape index (κ1) is 24.4. The third-order valence-corrected chi connectivity index (χ3v) is 7.47. The van der Waals surface area contributed by atoms with Crippen LogP contribution in [-0.2, 0) is 11.3 Å². The van der Waals surface area contributed by atoms with Gasteiger partial charge < -0.3 is 19.3 Å². The second kappa shape index (κ2) is 10.8. The molecule has 6 rings (SSSR count). The summed E-state index contributed by atoms with van der Waals surface area (Å²) in [4.78, 5) is 23.3. The fourth-order valence-corrected chi connectivity index (χ4v) is 5.45. The molecule has 0 bridgehead atoms. The lowest BCUT2D eigenvalue weighted by atomic mass is 10.1. The van der Waals surface area contributed by atoms with E-state index in [4.69, 9.17) is 14.5 Å². The molecule has 196 valence electrons. The standard InChI is InChI=1S/C30H33N5O3/c1-37-26-12-9-23-18-24(29(32-28(23)19-26)33-14-2-3-15-33)20-34(21-27-6-4-17-38-27)30(36)22-7-10-25(11-8-22)35-16-5-13-31-35/h5,7-13,16,18-19,27H,2-4,6,14-15,17,20-21H2,1H3. The van der Waals surface area contributed by atoms with Crippen LogP contribution in [0, 0.1) is 0 Å². The smallest absolute Gasteiger partial charge is 0.254 e. The summed E-state index contributed by atoms with van der Waals surface area (Å²) in [5, 5.41) is 5.33. The highest BCUT2D eigenvalue weighted by molar-refractivity contribution is 5.94. The number of fused-ring (bicyclic) bond motifs is 1. The highest BCUT2D eigenvalue weighted by Gasteiger charge is 2.26. The molecule has 8 heteroatoms. The largest absolute Gasteiger partial charge is 0.497 e. The van der Waals surface area contributed by atoms with E-state index in [1.807, 2.05) is 59.6 Å². The van der Waals surface area contributed by atoms with Crippen molar-refractivity contribution in [2.45, 2.75) is 38.3 Å². The topological polar surface area (TPSA) is 72.7 Å². The van der Waals surface area contributed by atoms with Crippen molar-refractivity contribution >= 4 is 22.6 Å². The van der Waals surface area contributed by atoms with Gasteiger partial charge in [0.25, 0.3) is 5.91 Å². The van der Waals surface area contributed by atoms with Crippen molar-refractivity contribution in [2.24, 2.45) is 0 Å². The molecule has 2 aromatic carbocycles. The number of aromatic nitrogens is 3. The zero-order chi connectivity index (χ0) is 25.9. The molecule has 2 aliphatic rings. The maximum atomic E-state index is 13.9. The second-order valence-electron chi connectivity index (χ2n) is 10.0. The van der Waals surface area contributed by atoms with Gasteiger partial charge in [0, 0.05) is 67.8 Å². The summed E-state index contributed by atoms with van der Waals surface area (Å²) in [6.07, 6.45) is 7.99. The summed E-state index contributed by atoms with van der Waals surface area (Å²) in [5.74, 6) is 1.75. The molecule has 0 radical (unpaired) electrons. The maximum absolute atomic E-state index is 13.9. The number of carbonyl (C=O) groups excluding carboxylic acids is 1. The molecule has 4 aromatic rings. The van der Waals surface area contributed by atoms with Gasteiger partial charge in [-0.05, 0) is 74.2 Å². The Labute approximate surface area is 222 Å². The van der Waals surface area contributed by atoms with Crippen LogP contribution in [0.1, 0.15) is 41.6 Å². The van der Waals surface area contributed by atoms with E-state index in [1.165, 1.54) is 0 Å². The van der Waals surface area contributed by atoms with Gasteiger partial charge in [0.15, 0.2) is 0 Å². The lowest BCUT2D eigenvalue weighted by Crippen LogP contribution is -2.37. The molecule has 0 saturated carbocycles. The molecular formula is C30H33N5O3. The Morgan fingerprint density at radius 3 is 2.66 bits per heavy atom. The fourth-order valence-electron chi connectivity index (χ4n) is 5.45. The SMILES string of the molecule is COc1ccc2cc(CN(CC3CCCO3)C(=O)c3ccc(-n4cccn4)cc3)c(N3CCCC3)nc2c1. The van der Waals surface area contributed by atoms with E-state index in [0.29, 0.717) is 18.7 Å². The molecule has 4 heterocycles. The van der Waals surface area contributed by atoms with Gasteiger partial charge >= 0.3 is 0 Å². The summed E-state index contributed by atoms with van der Waals surface area (Å²) < 4.78 is 13.2. The first-order chi connectivity index (χ1) is 18.7. The Morgan fingerprint density at radius 1 is 1.11 bits per heavy atom. The number of methoxy groups -OCH3 is 1. The van der Waals surface area contributed by atoms with E-state index in [-0.39, 0.29) is 12.0 Å². The van der Waals surface area contributed by atoms with Gasteiger partial charge in [0.05, 0.1) is 24.4 Å². The van der Waals surface area contributed by atoms with Crippen LogP contribution in [-0.4, -0.2) is 65.0 Å². The molecule has 1 atom stereocenters. The van der Waals surface area contributed by atoms with Crippen LogP contribution in [0.5, 0.6) is 5.75 Å². The van der Waals surface area contributed by atoms with Gasteiger partial charge in [-0.3, -0.25) is 4.79 Å². The number of amides is 1. The fraction of sp³-hybridized carbons (Fsp3) is 0.367. The zero-order valence-electron chi connectivity index (χ0n) is 21.8. The highest BCUT2D eigenvalue weighted by Crippen LogP contribution is 2.30. The average Bonchev–Trinajstić information content (AvgIpc) is 3.76. The zero-order valence-corrected chi connectivity index (χ0v) is 21.8. The van der Waals surface area contributed by atoms with Crippen LogP contribution >= 0.6 is 0 Å². The van der Waals surface area contributed by atoms with Gasteiger partial charge in [-0.25, -0.2) is 9.67 Å². The molecule has 2 fully saturated rings. The Kier molecular flexibility index (Phi) is 6.96. The van der Waals surface area contributed by atoms with Crippen molar-refractivity contribution in [3.05, 3.63) is 78.1 Å². The minimum absolute atomic E-state index is 0.00489. The number of ether oxygens (including phenoxy) is 2. The average molecular weight is 512 g/mol. The Morgan fingerprint density at radius 2 is 1.95 bits per heavy atom. The molecule has 2 aliphatic heterocycles. The molecule has 8 nitrogen and oxygen atoms in total. The van der Waals surface area contributed by atoms with E-state index >= 15 is 0 Å². The van der Waals surface area contributed by atoms with Crippen LogP contribution in [0.15, 0.2) is 67.0 Å². The molecule has 1 unspecified atom stereocenters. The summed E-state index contributed by atoms with van der Waals surface area (Å²) in [5.41, 5.74) is 3.54. The predicted molar refractivity (Wildman–Crippen MR) is 147 cm³/mol. The number of rotatable bonds is 8. The number of anilines is 1. The van der Waals surface area contributed by atoms with Crippen molar-refractivity contribution in [1.82, 2.24) is 19.7 Å². The van der Waals surface area contributed by atoms with Crippen LogP contribution in [0.3, 0.4) is 0 Å². The van der Waals surface area contributed by atoms with E-state index in [9.17, 15) is 4.79 Å². The number of hydrogen-bond donors (Lipinski definition) is 0. The Hall–Kier alpha value is -3.91. The predicted octanol–water partition coefficient (Wildman–Crippen LogP) is 4.85. The van der Waals surface area contributed by atoms with Gasteiger partial charge in [-0.1, -0.05) is 0 Å². The van der Waals surface area contributed by atoms with Gasteiger partial charge in [0.1, 0.15) is 11.6 Å². The highest BCUT2D eigenvalue weighted by atomic mass is 16.5. The number of pyridine rings is 1. The van der Waals surface area contributed by atoms with E-state index in [2.05, 4.69) is 16.1 Å². The van der Waals surface area contributed by atoms with E-state index in [1.54, 1.807) is 18.0 Å². The normalized spacial score (nSPS) is 17.3. The molecular weight excluding hydrogens is 478 g/mol. The number of carbonyl (C=O) groups is 1. The summed E-state index contributed by atoms with van der Waals surface area (Å²) in [6, 6.07) is 17.7. The van der Waals surface area contributed by atoms with Crippen molar-refractivity contribution in [3.8, 4) is 11.4 Å². The first-order valence-electron chi connectivity index (χ1n) is 13.4. The molecule has 2 aromatic heterocycles. The number of benzene rings is 2. The van der Waals surface area contributed by atoms with Crippen molar-refractivity contribution in [3.63, 3.8) is 0 Å². The first-order valence-corrected chi connectivity index (χ1v) is 13.4. The second-order valence-corrected chi connectivity index (χ2v) is 10.0. The van der Waals surface area contributed by atoms with E-state index < -0.39 is 0 Å². The minimum atomic E-state index is -0.00489. The summed E-state index contributed by atoms with van der Waals surface area (Å²) in [6.45, 7) is 3.73. The Bertz CT molecular complexity index is 1390. The Balaban J connectivity index is 1.34. The van der Waals surface area contributed by atoms with Crippen molar-refractivity contribution in [1.29, 1.82) is 0 Å². The molecule has 0 spiro atoms. The molecule has 2 saturated heterocycles. The van der Waals surface area contributed by atoms with Crippen LogP contribution < -0.4 is 9.64 Å². The van der Waals surface area contributed by atoms with E-state index in [0.717, 1.165) is 79.1 Å². The third-order valence-electron chi connectivity index (χ3n) is 7.47. The summed E-state index contributed by atoms with van der Waals surface area (Å²) in [7, 11) is 1.67. The molecule has 0 N–H and O–H groups in total. The molecule has 0 aliphatic carbocycles. The van der Waals surface area contributed by atoms with Crippen LogP contribution in [0.2, 0.25) is 0 Å². The molecule has 1 amide bonds. The number of hydrogen-bond acceptors (Lipinski definition) is 6. The quantitative estimate of drug-likeness (QED) is 0.337. The summed E-state index contributed by atoms with van der Waals surface area (Å²) >= 11 is 0.